The number of aliphatic hydroxyl groups is 2. The molecule has 0 amide bonds. The zero-order valence-electron chi connectivity index (χ0n) is 22.8. The molecule has 0 aromatic carbocycles. The van der Waals surface area contributed by atoms with Gasteiger partial charge in [0.15, 0.2) is 0 Å². The Kier molecular flexibility index (Phi) is 6.86. The van der Waals surface area contributed by atoms with Gasteiger partial charge in [-0.15, -0.1) is 0 Å². The van der Waals surface area contributed by atoms with Gasteiger partial charge in [0.2, 0.25) is 0 Å². The molecular weight excluding hydrogens is 424 g/mol. The Hall–Kier alpha value is -0.870. The highest BCUT2D eigenvalue weighted by atomic mass is 16.5. The van der Waals surface area contributed by atoms with Crippen LogP contribution in [0.3, 0.4) is 0 Å². The molecule has 0 unspecified atom stereocenters. The Morgan fingerprint density at radius 1 is 0.912 bits per heavy atom. The van der Waals surface area contributed by atoms with Crippen LogP contribution in [0.25, 0.3) is 0 Å². The maximum Gasteiger partial charge on any atom is 0.302 e. The summed E-state index contributed by atoms with van der Waals surface area (Å²) in [7, 11) is 0. The van der Waals surface area contributed by atoms with Gasteiger partial charge in [-0.05, 0) is 92.3 Å². The van der Waals surface area contributed by atoms with Gasteiger partial charge >= 0.3 is 5.97 Å². The number of carbonyl (C=O) groups is 1. The molecule has 0 saturated heterocycles. The number of rotatable bonds is 5. The molecule has 4 saturated carbocycles. The molecule has 4 nitrogen and oxygen atoms in total. The lowest BCUT2D eigenvalue weighted by atomic mass is 9.41. The van der Waals surface area contributed by atoms with Crippen molar-refractivity contribution >= 4 is 5.97 Å². The van der Waals surface area contributed by atoms with Crippen molar-refractivity contribution in [1.82, 2.24) is 0 Å². The van der Waals surface area contributed by atoms with Crippen LogP contribution in [0, 0.1) is 46.3 Å². The van der Waals surface area contributed by atoms with Crippen LogP contribution in [0.4, 0.5) is 0 Å². The maximum atomic E-state index is 12.4. The van der Waals surface area contributed by atoms with Crippen molar-refractivity contribution in [3.8, 4) is 0 Å². The van der Waals surface area contributed by atoms with Gasteiger partial charge in [0.05, 0.1) is 11.2 Å². The van der Waals surface area contributed by atoms with E-state index in [-0.39, 0.29) is 28.8 Å². The van der Waals surface area contributed by atoms with E-state index in [4.69, 9.17) is 4.74 Å². The number of allylic oxidation sites excluding steroid dienone is 2. The summed E-state index contributed by atoms with van der Waals surface area (Å²) >= 11 is 0. The van der Waals surface area contributed by atoms with Crippen LogP contribution in [0.5, 0.6) is 0 Å². The number of ether oxygens (including phenoxy) is 1. The molecule has 4 heteroatoms. The zero-order chi connectivity index (χ0) is 25.1. The number of esters is 1. The minimum atomic E-state index is -0.864. The van der Waals surface area contributed by atoms with E-state index in [1.807, 2.05) is 0 Å². The van der Waals surface area contributed by atoms with Crippen molar-refractivity contribution in [1.29, 1.82) is 0 Å². The summed E-state index contributed by atoms with van der Waals surface area (Å²) in [5.41, 5.74) is -1.74. The molecule has 4 rings (SSSR count). The highest BCUT2D eigenvalue weighted by Gasteiger charge is 2.70. The average molecular weight is 475 g/mol. The minimum Gasteiger partial charge on any atom is -0.462 e. The van der Waals surface area contributed by atoms with Crippen LogP contribution >= 0.6 is 0 Å². The predicted molar refractivity (Wildman–Crippen MR) is 136 cm³/mol. The lowest BCUT2D eigenvalue weighted by Gasteiger charge is -2.67. The molecule has 0 bridgehead atoms. The van der Waals surface area contributed by atoms with Crippen LogP contribution in [0.2, 0.25) is 0 Å². The Labute approximate surface area is 207 Å². The molecule has 0 heterocycles. The van der Waals surface area contributed by atoms with E-state index in [1.165, 1.54) is 13.3 Å². The van der Waals surface area contributed by atoms with Gasteiger partial charge in [-0.25, -0.2) is 0 Å². The molecule has 0 radical (unpaired) electrons. The van der Waals surface area contributed by atoms with Crippen LogP contribution in [-0.2, 0) is 9.53 Å². The third-order valence-electron chi connectivity index (χ3n) is 11.6. The molecule has 194 valence electrons. The maximum absolute atomic E-state index is 12.4. The van der Waals surface area contributed by atoms with Crippen molar-refractivity contribution in [2.24, 2.45) is 46.3 Å². The first-order chi connectivity index (χ1) is 15.8. The van der Waals surface area contributed by atoms with E-state index < -0.39 is 11.2 Å². The Bertz CT molecular complexity index is 806. The summed E-state index contributed by atoms with van der Waals surface area (Å²) in [6, 6.07) is 0. The molecule has 0 aromatic rings. The van der Waals surface area contributed by atoms with E-state index in [0.717, 1.165) is 32.1 Å². The third kappa shape index (κ3) is 3.99. The highest BCUT2D eigenvalue weighted by molar-refractivity contribution is 5.66. The van der Waals surface area contributed by atoms with Gasteiger partial charge in [0, 0.05) is 18.8 Å². The van der Waals surface area contributed by atoms with Crippen molar-refractivity contribution in [2.45, 2.75) is 124 Å². The lowest BCUT2D eigenvalue weighted by molar-refractivity contribution is -0.277. The Balaban J connectivity index is 1.56. The minimum absolute atomic E-state index is 0.112. The van der Waals surface area contributed by atoms with E-state index in [1.54, 1.807) is 0 Å². The number of fused-ring (bicyclic) bond motifs is 5. The quantitative estimate of drug-likeness (QED) is 0.363. The summed E-state index contributed by atoms with van der Waals surface area (Å²) in [6.07, 6.45) is 12.4. The second-order valence-electron chi connectivity index (χ2n) is 13.6. The number of hydrogen-bond donors (Lipinski definition) is 2. The van der Waals surface area contributed by atoms with Crippen LogP contribution in [0.1, 0.15) is 106 Å². The topological polar surface area (TPSA) is 66.8 Å². The second-order valence-corrected chi connectivity index (χ2v) is 13.6. The molecule has 34 heavy (non-hydrogen) atoms. The van der Waals surface area contributed by atoms with Crippen LogP contribution < -0.4 is 0 Å². The fraction of sp³-hybridized carbons (Fsp3) is 0.900. The molecule has 4 aliphatic carbocycles. The smallest absolute Gasteiger partial charge is 0.302 e. The predicted octanol–water partition coefficient (Wildman–Crippen LogP) is 6.29. The summed E-state index contributed by atoms with van der Waals surface area (Å²) in [5, 5.41) is 24.3. The SMILES string of the molecule is CC(=O)O[C@@H]1CC[C@]2(C)[C@@H]3CC[C@]4(C)[C@@H]([C@H](C)/C=C/[C@H](C)C(C)C)CC[C@@H]4[C@@]3(O)CC[C@@]2(O)C1. The zero-order valence-corrected chi connectivity index (χ0v) is 22.8. The van der Waals surface area contributed by atoms with Gasteiger partial charge in [-0.1, -0.05) is 53.7 Å². The van der Waals surface area contributed by atoms with E-state index in [9.17, 15) is 15.0 Å². The first kappa shape index (κ1) is 26.2. The van der Waals surface area contributed by atoms with E-state index >= 15 is 0 Å². The molecule has 0 aromatic heterocycles. The van der Waals surface area contributed by atoms with Crippen molar-refractivity contribution in [3.05, 3.63) is 12.2 Å². The fourth-order valence-corrected chi connectivity index (χ4v) is 9.22. The summed E-state index contributed by atoms with van der Waals surface area (Å²) in [6.45, 7) is 15.4. The molecule has 10 atom stereocenters. The first-order valence-electron chi connectivity index (χ1n) is 14.1. The average Bonchev–Trinajstić information content (AvgIpc) is 3.11. The summed E-state index contributed by atoms with van der Waals surface area (Å²) < 4.78 is 5.52. The summed E-state index contributed by atoms with van der Waals surface area (Å²) in [5.74, 6) is 2.52. The van der Waals surface area contributed by atoms with Gasteiger partial charge in [-0.2, -0.15) is 0 Å². The molecule has 0 spiro atoms. The summed E-state index contributed by atoms with van der Waals surface area (Å²) in [4.78, 5) is 11.5. The van der Waals surface area contributed by atoms with E-state index in [2.05, 4.69) is 53.7 Å². The lowest BCUT2D eigenvalue weighted by Crippen LogP contribution is -2.69. The molecule has 4 aliphatic rings. The fourth-order valence-electron chi connectivity index (χ4n) is 9.22. The highest BCUT2D eigenvalue weighted by Crippen LogP contribution is 2.70. The van der Waals surface area contributed by atoms with Gasteiger partial charge < -0.3 is 14.9 Å². The Morgan fingerprint density at radius 3 is 2.26 bits per heavy atom. The first-order valence-corrected chi connectivity index (χ1v) is 14.1. The van der Waals surface area contributed by atoms with Crippen molar-refractivity contribution in [3.63, 3.8) is 0 Å². The van der Waals surface area contributed by atoms with Crippen molar-refractivity contribution < 1.29 is 19.7 Å². The van der Waals surface area contributed by atoms with Crippen molar-refractivity contribution in [2.75, 3.05) is 0 Å². The molecule has 4 fully saturated rings. The van der Waals surface area contributed by atoms with Gasteiger partial charge in [-0.3, -0.25) is 4.79 Å². The third-order valence-corrected chi connectivity index (χ3v) is 11.6. The molecule has 2 N–H and O–H groups in total. The monoisotopic (exact) mass is 474 g/mol. The Morgan fingerprint density at radius 2 is 1.62 bits per heavy atom. The normalized spacial score (nSPS) is 48.2. The standard InChI is InChI=1S/C30H50O4/c1-19(2)20(3)8-9-21(4)24-10-11-25-27(24,6)14-13-26-28(7)15-12-23(34-22(5)31)18-29(28,32)16-17-30(25,26)33/h8-9,19-21,23-26,32-33H,10-18H2,1-7H3/b9-8+/t20-,21+,23+,24+,25-,26-,27+,28+,29+,30-/m0/s1. The van der Waals surface area contributed by atoms with E-state index in [0.29, 0.717) is 48.9 Å². The van der Waals surface area contributed by atoms with Gasteiger partial charge in [0.1, 0.15) is 6.10 Å². The number of hydrogen-bond acceptors (Lipinski definition) is 4. The van der Waals surface area contributed by atoms with Crippen LogP contribution in [0.15, 0.2) is 12.2 Å². The number of carbonyl (C=O) groups excluding carboxylic acids is 1. The molecule has 0 aliphatic heterocycles. The second kappa shape index (κ2) is 8.91. The largest absolute Gasteiger partial charge is 0.462 e. The molecular formula is C30H50O4. The van der Waals surface area contributed by atoms with Gasteiger partial charge in [0.25, 0.3) is 0 Å². The van der Waals surface area contributed by atoms with Crippen LogP contribution in [-0.4, -0.2) is 33.5 Å².